The van der Waals surface area contributed by atoms with Crippen LogP contribution in [0.25, 0.3) is 0 Å². The van der Waals surface area contributed by atoms with Crippen LogP contribution in [0, 0.1) is 6.92 Å². The average Bonchev–Trinajstić information content (AvgIpc) is 2.62. The summed E-state index contributed by atoms with van der Waals surface area (Å²) in [5.41, 5.74) is 3.57. The molecule has 0 fully saturated rings. The highest BCUT2D eigenvalue weighted by Crippen LogP contribution is 2.30. The summed E-state index contributed by atoms with van der Waals surface area (Å²) in [6, 6.07) is 7.02. The third kappa shape index (κ3) is 3.61. The van der Waals surface area contributed by atoms with E-state index >= 15 is 0 Å². The number of benzene rings is 1. The Balaban J connectivity index is 1.81. The number of aryl methyl sites for hydroxylation is 1. The lowest BCUT2D eigenvalue weighted by atomic mass is 9.91. The summed E-state index contributed by atoms with van der Waals surface area (Å²) in [7, 11) is 3.62. The molecule has 0 bridgehead atoms. The molecule has 7 heteroatoms. The van der Waals surface area contributed by atoms with Crippen molar-refractivity contribution in [3.63, 3.8) is 0 Å². The molecule has 0 amide bonds. The van der Waals surface area contributed by atoms with Crippen molar-refractivity contribution >= 4 is 11.7 Å². The van der Waals surface area contributed by atoms with Crippen LogP contribution in [-0.2, 0) is 7.05 Å². The maximum atomic E-state index is 12.1. The molecule has 1 aliphatic heterocycles. The highest BCUT2D eigenvalue weighted by atomic mass is 16.4. The number of carboxylic acid groups (broad SMARTS) is 1. The molecule has 0 spiro atoms. The SMILES string of the molecule is Cc1c(NC2=CN(C)C[C@@H](c3ccc(C(=O)O)cc3)C2)cnn(C)c1=O. The molecule has 2 N–H and O–H groups in total. The number of carboxylic acids is 1. The molecular formula is C19H22N4O3. The summed E-state index contributed by atoms with van der Waals surface area (Å²) >= 11 is 0. The van der Waals surface area contributed by atoms with Gasteiger partial charge in [-0.3, -0.25) is 4.79 Å². The topological polar surface area (TPSA) is 87.5 Å². The Morgan fingerprint density at radius 2 is 1.96 bits per heavy atom. The van der Waals surface area contributed by atoms with E-state index in [2.05, 4.69) is 15.3 Å². The number of aromatic carboxylic acids is 1. The second-order valence-corrected chi connectivity index (χ2v) is 6.66. The van der Waals surface area contributed by atoms with Gasteiger partial charge in [-0.05, 0) is 31.0 Å². The zero-order valence-electron chi connectivity index (χ0n) is 15.1. The van der Waals surface area contributed by atoms with E-state index in [9.17, 15) is 9.59 Å². The molecule has 136 valence electrons. The Kier molecular flexibility index (Phi) is 4.79. The van der Waals surface area contributed by atoms with E-state index in [1.165, 1.54) is 4.68 Å². The first-order valence-corrected chi connectivity index (χ1v) is 8.39. The van der Waals surface area contributed by atoms with E-state index in [1.807, 2.05) is 25.4 Å². The van der Waals surface area contributed by atoms with E-state index < -0.39 is 5.97 Å². The maximum absolute atomic E-state index is 12.1. The van der Waals surface area contributed by atoms with Gasteiger partial charge >= 0.3 is 5.97 Å². The number of nitrogens with one attached hydrogen (secondary N) is 1. The van der Waals surface area contributed by atoms with Crippen LogP contribution in [0.5, 0.6) is 0 Å². The highest BCUT2D eigenvalue weighted by Gasteiger charge is 2.21. The first-order valence-electron chi connectivity index (χ1n) is 8.39. The van der Waals surface area contributed by atoms with Gasteiger partial charge in [-0.25, -0.2) is 9.48 Å². The molecule has 1 aromatic heterocycles. The zero-order chi connectivity index (χ0) is 18.8. The Bertz CT molecular complexity index is 915. The largest absolute Gasteiger partial charge is 0.478 e. The van der Waals surface area contributed by atoms with Gasteiger partial charge in [0.2, 0.25) is 0 Å². The molecule has 3 rings (SSSR count). The molecular weight excluding hydrogens is 332 g/mol. The van der Waals surface area contributed by atoms with Crippen molar-refractivity contribution in [3.05, 3.63) is 69.4 Å². The third-order valence-corrected chi connectivity index (χ3v) is 4.65. The Hall–Kier alpha value is -3.09. The molecule has 0 saturated carbocycles. The number of hydrogen-bond acceptors (Lipinski definition) is 5. The Morgan fingerprint density at radius 1 is 1.27 bits per heavy atom. The minimum atomic E-state index is -0.923. The summed E-state index contributed by atoms with van der Waals surface area (Å²) in [5.74, 6) is -0.691. The first-order chi connectivity index (χ1) is 12.3. The molecule has 1 aliphatic rings. The third-order valence-electron chi connectivity index (χ3n) is 4.65. The van der Waals surface area contributed by atoms with Gasteiger partial charge in [0.05, 0.1) is 17.4 Å². The quantitative estimate of drug-likeness (QED) is 0.875. The van der Waals surface area contributed by atoms with E-state index in [1.54, 1.807) is 32.3 Å². The van der Waals surface area contributed by atoms with Crippen molar-refractivity contribution < 1.29 is 9.90 Å². The fourth-order valence-corrected chi connectivity index (χ4v) is 3.20. The maximum Gasteiger partial charge on any atom is 0.335 e. The lowest BCUT2D eigenvalue weighted by Crippen LogP contribution is -2.28. The van der Waals surface area contributed by atoms with Gasteiger partial charge in [-0.15, -0.1) is 0 Å². The van der Waals surface area contributed by atoms with Crippen LogP contribution < -0.4 is 10.9 Å². The van der Waals surface area contributed by atoms with Crippen LogP contribution in [0.3, 0.4) is 0 Å². The zero-order valence-corrected chi connectivity index (χ0v) is 15.1. The standard InChI is InChI=1S/C19H22N4O3/c1-12-17(9-20-23(3)18(12)24)21-16-8-15(10-22(2)11-16)13-4-6-14(7-5-13)19(25)26/h4-7,9,11,15,21H,8,10H2,1-3H3,(H,25,26)/t15-/m0/s1. The number of rotatable bonds is 4. The van der Waals surface area contributed by atoms with Gasteiger partial charge in [0, 0.05) is 44.0 Å². The van der Waals surface area contributed by atoms with Crippen molar-refractivity contribution in [1.82, 2.24) is 14.7 Å². The molecule has 2 heterocycles. The van der Waals surface area contributed by atoms with E-state index in [0.717, 1.165) is 24.2 Å². The van der Waals surface area contributed by atoms with Crippen LogP contribution in [0.1, 0.15) is 33.8 Å². The number of anilines is 1. The Morgan fingerprint density at radius 3 is 2.62 bits per heavy atom. The van der Waals surface area contributed by atoms with E-state index in [4.69, 9.17) is 5.11 Å². The number of likely N-dealkylation sites (N-methyl/N-ethyl adjacent to an activating group) is 1. The van der Waals surface area contributed by atoms with Crippen LogP contribution in [0.4, 0.5) is 5.69 Å². The first kappa shape index (κ1) is 17.7. The van der Waals surface area contributed by atoms with Gasteiger partial charge < -0.3 is 15.3 Å². The summed E-state index contributed by atoms with van der Waals surface area (Å²) < 4.78 is 1.31. The van der Waals surface area contributed by atoms with Crippen LogP contribution in [-0.4, -0.2) is 39.3 Å². The predicted octanol–water partition coefficient (Wildman–Crippen LogP) is 2.16. The number of allylic oxidation sites excluding steroid dienone is 1. The smallest absolute Gasteiger partial charge is 0.335 e. The lowest BCUT2D eigenvalue weighted by molar-refractivity contribution is 0.0697. The molecule has 0 unspecified atom stereocenters. The fourth-order valence-electron chi connectivity index (χ4n) is 3.20. The predicted molar refractivity (Wildman–Crippen MR) is 99.3 cm³/mol. The number of aromatic nitrogens is 2. The monoisotopic (exact) mass is 354 g/mol. The highest BCUT2D eigenvalue weighted by molar-refractivity contribution is 5.87. The lowest BCUT2D eigenvalue weighted by Gasteiger charge is -2.31. The minimum Gasteiger partial charge on any atom is -0.478 e. The number of nitrogens with zero attached hydrogens (tertiary/aromatic N) is 3. The summed E-state index contributed by atoms with van der Waals surface area (Å²) in [6.45, 7) is 2.62. The van der Waals surface area contributed by atoms with E-state index in [-0.39, 0.29) is 17.0 Å². The minimum absolute atomic E-state index is 0.124. The van der Waals surface area contributed by atoms with Crippen molar-refractivity contribution in [2.45, 2.75) is 19.3 Å². The van der Waals surface area contributed by atoms with Crippen molar-refractivity contribution in [2.75, 3.05) is 18.9 Å². The van der Waals surface area contributed by atoms with Gasteiger partial charge in [0.1, 0.15) is 0 Å². The molecule has 0 saturated heterocycles. The number of carbonyl (C=O) groups is 1. The van der Waals surface area contributed by atoms with Crippen molar-refractivity contribution in [1.29, 1.82) is 0 Å². The Labute approximate surface area is 151 Å². The molecule has 0 aliphatic carbocycles. The average molecular weight is 354 g/mol. The van der Waals surface area contributed by atoms with Gasteiger partial charge in [-0.1, -0.05) is 12.1 Å². The van der Waals surface area contributed by atoms with Gasteiger partial charge in [0.25, 0.3) is 5.56 Å². The molecule has 0 radical (unpaired) electrons. The second-order valence-electron chi connectivity index (χ2n) is 6.66. The molecule has 26 heavy (non-hydrogen) atoms. The van der Waals surface area contributed by atoms with Crippen LogP contribution in [0.2, 0.25) is 0 Å². The van der Waals surface area contributed by atoms with Gasteiger partial charge in [0.15, 0.2) is 0 Å². The molecule has 1 aromatic carbocycles. The van der Waals surface area contributed by atoms with Crippen LogP contribution in [0.15, 0.2) is 47.2 Å². The van der Waals surface area contributed by atoms with Gasteiger partial charge in [-0.2, -0.15) is 5.10 Å². The molecule has 7 nitrogen and oxygen atoms in total. The van der Waals surface area contributed by atoms with Crippen molar-refractivity contribution in [2.24, 2.45) is 7.05 Å². The number of hydrogen-bond donors (Lipinski definition) is 2. The fraction of sp³-hybridized carbons (Fsp3) is 0.316. The summed E-state index contributed by atoms with van der Waals surface area (Å²) in [4.78, 5) is 25.2. The summed E-state index contributed by atoms with van der Waals surface area (Å²) in [6.07, 6.45) is 4.45. The molecule has 2 aromatic rings. The van der Waals surface area contributed by atoms with Crippen LogP contribution >= 0.6 is 0 Å². The second kappa shape index (κ2) is 7.03. The van der Waals surface area contributed by atoms with E-state index in [0.29, 0.717) is 11.3 Å². The normalized spacial score (nSPS) is 17.0. The summed E-state index contributed by atoms with van der Waals surface area (Å²) in [5, 5.41) is 16.4. The van der Waals surface area contributed by atoms with Crippen molar-refractivity contribution in [3.8, 4) is 0 Å². The molecule has 1 atom stereocenters.